The summed E-state index contributed by atoms with van der Waals surface area (Å²) in [4.78, 5) is 23.0. The van der Waals surface area contributed by atoms with Crippen LogP contribution in [0.2, 0.25) is 0 Å². The van der Waals surface area contributed by atoms with Crippen molar-refractivity contribution >= 4 is 11.8 Å². The van der Waals surface area contributed by atoms with Crippen LogP contribution in [0.1, 0.15) is 11.1 Å². The van der Waals surface area contributed by atoms with E-state index in [0.717, 1.165) is 0 Å². The Morgan fingerprint density at radius 2 is 0.844 bits per heavy atom. The Morgan fingerprint density at radius 3 is 1.12 bits per heavy atom. The largest absolute Gasteiger partial charge is 0.392 e. The van der Waals surface area contributed by atoms with Crippen molar-refractivity contribution in [3.8, 4) is 0 Å². The first kappa shape index (κ1) is 25.1. The summed E-state index contributed by atoms with van der Waals surface area (Å²) in [6.45, 7) is -1.52. The average molecular weight is 468 g/mol. The number of hydrogen-bond acceptors (Lipinski definition) is 2. The molecule has 2 N–H and O–H groups in total. The summed E-state index contributed by atoms with van der Waals surface area (Å²) in [5, 5.41) is 2.59. The summed E-state index contributed by atoms with van der Waals surface area (Å²) < 4.78 is 112. The molecule has 0 aliphatic carbocycles. The van der Waals surface area contributed by atoms with E-state index in [1.807, 2.05) is 0 Å². The fourth-order valence-corrected chi connectivity index (χ4v) is 2.46. The maximum atomic E-state index is 14.0. The second-order valence-corrected chi connectivity index (χ2v) is 6.63. The van der Waals surface area contributed by atoms with Crippen molar-refractivity contribution in [1.82, 2.24) is 10.6 Å². The number of alkyl halides is 8. The molecule has 0 bridgehead atoms. The maximum Gasteiger partial charge on any atom is 0.392 e. The van der Waals surface area contributed by atoms with E-state index in [-0.39, 0.29) is 11.1 Å². The lowest BCUT2D eigenvalue weighted by Gasteiger charge is -2.35. The molecule has 12 heteroatoms. The first-order valence-electron chi connectivity index (χ1n) is 8.91. The van der Waals surface area contributed by atoms with Crippen molar-refractivity contribution in [1.29, 1.82) is 0 Å². The van der Waals surface area contributed by atoms with Gasteiger partial charge < -0.3 is 10.6 Å². The van der Waals surface area contributed by atoms with Gasteiger partial charge in [0.25, 0.3) is 11.8 Å². The highest BCUT2D eigenvalue weighted by molar-refractivity contribution is 5.87. The second-order valence-electron chi connectivity index (χ2n) is 6.63. The summed E-state index contributed by atoms with van der Waals surface area (Å²) in [6.07, 6.45) is 0. The van der Waals surface area contributed by atoms with Gasteiger partial charge in [-0.05, 0) is 11.1 Å². The molecule has 0 saturated carbocycles. The maximum absolute atomic E-state index is 14.0. The monoisotopic (exact) mass is 468 g/mol. The molecule has 32 heavy (non-hydrogen) atoms. The predicted molar refractivity (Wildman–Crippen MR) is 96.4 cm³/mol. The molecule has 174 valence electrons. The van der Waals surface area contributed by atoms with Crippen LogP contribution in [-0.2, 0) is 22.7 Å². The molecular formula is C20H16F8N2O2. The van der Waals surface area contributed by atoms with Crippen LogP contribution in [0.25, 0.3) is 0 Å². The van der Waals surface area contributed by atoms with Crippen LogP contribution in [0.5, 0.6) is 0 Å². The Labute approximate surface area is 176 Å². The third kappa shape index (κ3) is 4.68. The van der Waals surface area contributed by atoms with Gasteiger partial charge in [0, 0.05) is 13.1 Å². The summed E-state index contributed by atoms with van der Waals surface area (Å²) in [6, 6.07) is 13.9. The summed E-state index contributed by atoms with van der Waals surface area (Å²) >= 11 is 0. The van der Waals surface area contributed by atoms with Crippen molar-refractivity contribution in [2.24, 2.45) is 0 Å². The molecular weight excluding hydrogens is 452 g/mol. The standard InChI is InChI=1S/C20H16F8N2O2/c21-17(22,15(31)29-11-13-7-3-1-4-8-13)19(25,26)20(27,28)18(23,24)16(32)30-12-14-9-5-2-6-10-14/h1-10H,11-12H2,(H,29,31)(H,30,32). The highest BCUT2D eigenvalue weighted by Gasteiger charge is 2.84. The minimum Gasteiger partial charge on any atom is -0.347 e. The van der Waals surface area contributed by atoms with E-state index in [9.17, 15) is 44.7 Å². The van der Waals surface area contributed by atoms with Gasteiger partial charge in [0.2, 0.25) is 0 Å². The number of rotatable bonds is 9. The van der Waals surface area contributed by atoms with Gasteiger partial charge >= 0.3 is 23.7 Å². The number of carbonyl (C=O) groups excluding carboxylic acids is 2. The average Bonchev–Trinajstić information content (AvgIpc) is 2.76. The summed E-state index contributed by atoms with van der Waals surface area (Å²) in [5.74, 6) is -32.2. The smallest absolute Gasteiger partial charge is 0.347 e. The first-order chi connectivity index (χ1) is 14.7. The lowest BCUT2D eigenvalue weighted by molar-refractivity contribution is -0.347. The number of halogens is 8. The molecule has 4 nitrogen and oxygen atoms in total. The highest BCUT2D eigenvalue weighted by atomic mass is 19.4. The molecule has 0 spiro atoms. The van der Waals surface area contributed by atoms with E-state index in [1.165, 1.54) is 71.3 Å². The molecule has 0 atom stereocenters. The first-order valence-corrected chi connectivity index (χ1v) is 8.91. The van der Waals surface area contributed by atoms with E-state index in [0.29, 0.717) is 0 Å². The molecule has 2 amide bonds. The quantitative estimate of drug-likeness (QED) is 0.544. The molecule has 0 heterocycles. The fourth-order valence-electron chi connectivity index (χ4n) is 2.46. The zero-order valence-corrected chi connectivity index (χ0v) is 16.0. The zero-order chi connectivity index (χ0) is 24.2. The molecule has 0 radical (unpaired) electrons. The van der Waals surface area contributed by atoms with Crippen LogP contribution in [-0.4, -0.2) is 35.5 Å². The summed E-state index contributed by atoms with van der Waals surface area (Å²) in [7, 11) is 0. The van der Waals surface area contributed by atoms with Crippen molar-refractivity contribution in [3.05, 3.63) is 71.8 Å². The van der Waals surface area contributed by atoms with Gasteiger partial charge in [-0.1, -0.05) is 60.7 Å². The van der Waals surface area contributed by atoms with Crippen LogP contribution < -0.4 is 10.6 Å². The van der Waals surface area contributed by atoms with Gasteiger partial charge in [0.15, 0.2) is 0 Å². The predicted octanol–water partition coefficient (Wildman–Crippen LogP) is 4.16. The summed E-state index contributed by atoms with van der Waals surface area (Å²) in [5.41, 5.74) is 0.301. The van der Waals surface area contributed by atoms with Crippen molar-refractivity contribution in [2.75, 3.05) is 0 Å². The molecule has 2 aromatic carbocycles. The zero-order valence-electron chi connectivity index (χ0n) is 16.0. The fraction of sp³-hybridized carbons (Fsp3) is 0.300. The molecule has 2 aromatic rings. The Hall–Kier alpha value is -3.18. The Bertz CT molecular complexity index is 860. The number of nitrogens with one attached hydrogen (secondary N) is 2. The molecule has 2 rings (SSSR count). The van der Waals surface area contributed by atoms with Gasteiger partial charge in [-0.15, -0.1) is 0 Å². The molecule has 0 aliphatic heterocycles. The molecule has 0 aromatic heterocycles. The SMILES string of the molecule is O=C(NCc1ccccc1)C(F)(F)C(F)(F)C(F)(F)C(F)(F)C(=O)NCc1ccccc1. The number of hydrogen-bond donors (Lipinski definition) is 2. The highest BCUT2D eigenvalue weighted by Crippen LogP contribution is 2.52. The lowest BCUT2D eigenvalue weighted by Crippen LogP contribution is -2.68. The van der Waals surface area contributed by atoms with Gasteiger partial charge in [-0.3, -0.25) is 9.59 Å². The molecule has 0 saturated heterocycles. The third-order valence-electron chi connectivity index (χ3n) is 4.35. The Kier molecular flexibility index (Phi) is 7.16. The van der Waals surface area contributed by atoms with Crippen LogP contribution in [0.15, 0.2) is 60.7 Å². The van der Waals surface area contributed by atoms with Gasteiger partial charge in [0.05, 0.1) is 0 Å². The van der Waals surface area contributed by atoms with E-state index >= 15 is 0 Å². The Morgan fingerprint density at radius 1 is 0.562 bits per heavy atom. The van der Waals surface area contributed by atoms with Crippen molar-refractivity contribution in [2.45, 2.75) is 36.8 Å². The van der Waals surface area contributed by atoms with E-state index in [4.69, 9.17) is 0 Å². The number of carbonyl (C=O) groups is 2. The van der Waals surface area contributed by atoms with Crippen molar-refractivity contribution in [3.63, 3.8) is 0 Å². The van der Waals surface area contributed by atoms with Crippen LogP contribution in [0.4, 0.5) is 35.1 Å². The van der Waals surface area contributed by atoms with Crippen LogP contribution in [0, 0.1) is 0 Å². The molecule has 0 aliphatic rings. The topological polar surface area (TPSA) is 58.2 Å². The van der Waals surface area contributed by atoms with Gasteiger partial charge in [-0.25, -0.2) is 0 Å². The second kappa shape index (κ2) is 9.13. The third-order valence-corrected chi connectivity index (χ3v) is 4.35. The van der Waals surface area contributed by atoms with E-state index in [1.54, 1.807) is 0 Å². The normalized spacial score (nSPS) is 12.9. The minimum atomic E-state index is -6.91. The number of amides is 2. The molecule has 0 fully saturated rings. The minimum absolute atomic E-state index is 0.150. The van der Waals surface area contributed by atoms with Crippen molar-refractivity contribution < 1.29 is 44.7 Å². The lowest BCUT2D eigenvalue weighted by atomic mass is 9.97. The van der Waals surface area contributed by atoms with Crippen LogP contribution >= 0.6 is 0 Å². The van der Waals surface area contributed by atoms with E-state index in [2.05, 4.69) is 0 Å². The van der Waals surface area contributed by atoms with Gasteiger partial charge in [0.1, 0.15) is 0 Å². The van der Waals surface area contributed by atoms with E-state index < -0.39 is 48.6 Å². The molecule has 0 unspecified atom stereocenters. The van der Waals surface area contributed by atoms with Gasteiger partial charge in [-0.2, -0.15) is 35.1 Å². The van der Waals surface area contributed by atoms with Crippen LogP contribution in [0.3, 0.4) is 0 Å². The number of benzene rings is 2. The Balaban J connectivity index is 2.18.